The Labute approximate surface area is 98.2 Å². The Morgan fingerprint density at radius 1 is 1.53 bits per heavy atom. The van der Waals surface area contributed by atoms with Crippen molar-refractivity contribution in [1.29, 1.82) is 0 Å². The molecule has 2 rings (SSSR count). The van der Waals surface area contributed by atoms with Gasteiger partial charge in [0, 0.05) is 4.47 Å². The minimum Gasteiger partial charge on any atom is -0.307 e. The third-order valence-corrected chi connectivity index (χ3v) is 3.47. The van der Waals surface area contributed by atoms with Crippen molar-refractivity contribution in [3.63, 3.8) is 0 Å². The van der Waals surface area contributed by atoms with E-state index in [1.54, 1.807) is 6.92 Å². The number of alkyl halides is 1. The molecule has 0 radical (unpaired) electrons. The zero-order valence-corrected chi connectivity index (χ0v) is 10.3. The van der Waals surface area contributed by atoms with E-state index < -0.39 is 5.67 Å². The molecule has 1 fully saturated rings. The zero-order chi connectivity index (χ0) is 10.9. The minimum atomic E-state index is -1.14. The van der Waals surface area contributed by atoms with Crippen LogP contribution in [0, 0.1) is 0 Å². The molecule has 82 valence electrons. The molecular formula is C12H15BrFN. The monoisotopic (exact) mass is 271 g/mol. The van der Waals surface area contributed by atoms with E-state index in [1.165, 1.54) is 0 Å². The summed E-state index contributed by atoms with van der Waals surface area (Å²) in [5, 5.41) is 3.26. The summed E-state index contributed by atoms with van der Waals surface area (Å²) in [6.45, 7) is 2.58. The van der Waals surface area contributed by atoms with Gasteiger partial charge in [-0.1, -0.05) is 28.1 Å². The first kappa shape index (κ1) is 11.1. The van der Waals surface area contributed by atoms with Gasteiger partial charge in [0.25, 0.3) is 0 Å². The van der Waals surface area contributed by atoms with Crippen molar-refractivity contribution in [2.45, 2.75) is 31.5 Å². The molecular weight excluding hydrogens is 257 g/mol. The van der Waals surface area contributed by atoms with Gasteiger partial charge in [-0.15, -0.1) is 0 Å². The Hall–Kier alpha value is -0.410. The first-order valence-electron chi connectivity index (χ1n) is 5.27. The summed E-state index contributed by atoms with van der Waals surface area (Å²) in [5.41, 5.74) is -0.118. The molecule has 0 spiro atoms. The summed E-state index contributed by atoms with van der Waals surface area (Å²) in [7, 11) is 0. The lowest BCUT2D eigenvalue weighted by Crippen LogP contribution is -2.43. The van der Waals surface area contributed by atoms with Gasteiger partial charge in [0.05, 0.1) is 6.04 Å². The number of benzene rings is 1. The maximum Gasteiger partial charge on any atom is 0.127 e. The predicted octanol–water partition coefficient (Wildman–Crippen LogP) is 3.60. The van der Waals surface area contributed by atoms with Crippen LogP contribution >= 0.6 is 15.9 Å². The Balaban J connectivity index is 2.29. The average Bonchev–Trinajstić information content (AvgIpc) is 2.17. The summed E-state index contributed by atoms with van der Waals surface area (Å²) >= 11 is 3.42. The molecule has 2 atom stereocenters. The van der Waals surface area contributed by atoms with Crippen LogP contribution in [0.15, 0.2) is 28.7 Å². The summed E-state index contributed by atoms with van der Waals surface area (Å²) in [4.78, 5) is 0. The van der Waals surface area contributed by atoms with Crippen LogP contribution in [0.25, 0.3) is 0 Å². The van der Waals surface area contributed by atoms with Gasteiger partial charge < -0.3 is 5.32 Å². The van der Waals surface area contributed by atoms with Crippen molar-refractivity contribution in [3.05, 3.63) is 34.3 Å². The summed E-state index contributed by atoms with van der Waals surface area (Å²) < 4.78 is 15.3. The van der Waals surface area contributed by atoms with Crippen molar-refractivity contribution in [1.82, 2.24) is 5.32 Å². The van der Waals surface area contributed by atoms with E-state index >= 15 is 0 Å². The molecule has 0 bridgehead atoms. The highest BCUT2D eigenvalue weighted by Crippen LogP contribution is 2.36. The number of halogens is 2. The van der Waals surface area contributed by atoms with E-state index in [9.17, 15) is 4.39 Å². The molecule has 1 nitrogen and oxygen atoms in total. The lowest BCUT2D eigenvalue weighted by atomic mass is 9.85. The fraction of sp³-hybridized carbons (Fsp3) is 0.500. The van der Waals surface area contributed by atoms with Gasteiger partial charge in [0.1, 0.15) is 5.67 Å². The normalized spacial score (nSPS) is 31.5. The molecule has 1 aromatic rings. The van der Waals surface area contributed by atoms with Gasteiger partial charge in [-0.3, -0.25) is 0 Å². The molecule has 0 saturated carbocycles. The molecule has 1 aliphatic rings. The zero-order valence-electron chi connectivity index (χ0n) is 8.76. The molecule has 15 heavy (non-hydrogen) atoms. The van der Waals surface area contributed by atoms with Crippen molar-refractivity contribution >= 4 is 15.9 Å². The van der Waals surface area contributed by atoms with E-state index in [2.05, 4.69) is 21.2 Å². The second-order valence-corrected chi connectivity index (χ2v) is 5.24. The molecule has 1 N–H and O–H groups in total. The number of piperidine rings is 1. The topological polar surface area (TPSA) is 12.0 Å². The van der Waals surface area contributed by atoms with E-state index in [1.807, 2.05) is 24.3 Å². The van der Waals surface area contributed by atoms with Gasteiger partial charge in [0.2, 0.25) is 0 Å². The number of hydrogen-bond donors (Lipinski definition) is 1. The molecule has 0 amide bonds. The number of hydrogen-bond acceptors (Lipinski definition) is 1. The lowest BCUT2D eigenvalue weighted by molar-refractivity contribution is 0.0883. The fourth-order valence-corrected chi connectivity index (χ4v) is 2.61. The molecule has 2 unspecified atom stereocenters. The van der Waals surface area contributed by atoms with Crippen LogP contribution in [-0.2, 0) is 0 Å². The average molecular weight is 272 g/mol. The van der Waals surface area contributed by atoms with Crippen molar-refractivity contribution in [3.8, 4) is 0 Å². The largest absolute Gasteiger partial charge is 0.307 e. The highest BCUT2D eigenvalue weighted by Gasteiger charge is 2.37. The molecule has 0 aliphatic carbocycles. The van der Waals surface area contributed by atoms with Crippen molar-refractivity contribution in [2.75, 3.05) is 6.54 Å². The molecule has 1 aliphatic heterocycles. The third kappa shape index (κ3) is 2.40. The van der Waals surface area contributed by atoms with E-state index in [0.29, 0.717) is 6.42 Å². The summed E-state index contributed by atoms with van der Waals surface area (Å²) in [6, 6.07) is 7.70. The van der Waals surface area contributed by atoms with Crippen LogP contribution in [0.4, 0.5) is 4.39 Å². The molecule has 1 saturated heterocycles. The van der Waals surface area contributed by atoms with E-state index in [4.69, 9.17) is 0 Å². The maximum absolute atomic E-state index is 14.3. The fourth-order valence-electron chi connectivity index (χ4n) is 2.19. The first-order valence-corrected chi connectivity index (χ1v) is 6.07. The van der Waals surface area contributed by atoms with Gasteiger partial charge in [-0.2, -0.15) is 0 Å². The van der Waals surface area contributed by atoms with Gasteiger partial charge in [-0.05, 0) is 44.0 Å². The van der Waals surface area contributed by atoms with Crippen LogP contribution in [0.3, 0.4) is 0 Å². The second-order valence-electron chi connectivity index (χ2n) is 4.32. The third-order valence-electron chi connectivity index (χ3n) is 2.97. The Bertz CT molecular complexity index is 351. The summed E-state index contributed by atoms with van der Waals surface area (Å²) in [6.07, 6.45) is 1.55. The predicted molar refractivity (Wildman–Crippen MR) is 63.6 cm³/mol. The smallest absolute Gasteiger partial charge is 0.127 e. The van der Waals surface area contributed by atoms with Crippen LogP contribution in [0.5, 0.6) is 0 Å². The quantitative estimate of drug-likeness (QED) is 0.823. The SMILES string of the molecule is CC1(F)CCCNC1c1cccc(Br)c1. The van der Waals surface area contributed by atoms with Crippen molar-refractivity contribution < 1.29 is 4.39 Å². The Morgan fingerprint density at radius 3 is 3.00 bits per heavy atom. The number of nitrogens with one attached hydrogen (secondary N) is 1. The maximum atomic E-state index is 14.3. The highest BCUT2D eigenvalue weighted by atomic mass is 79.9. The lowest BCUT2D eigenvalue weighted by Gasteiger charge is -2.36. The first-order chi connectivity index (χ1) is 7.09. The molecule has 1 heterocycles. The van der Waals surface area contributed by atoms with Crippen LogP contribution in [0.1, 0.15) is 31.4 Å². The van der Waals surface area contributed by atoms with Crippen LogP contribution in [-0.4, -0.2) is 12.2 Å². The molecule has 0 aromatic heterocycles. The van der Waals surface area contributed by atoms with Crippen molar-refractivity contribution in [2.24, 2.45) is 0 Å². The number of rotatable bonds is 1. The van der Waals surface area contributed by atoms with E-state index in [-0.39, 0.29) is 6.04 Å². The second kappa shape index (κ2) is 4.22. The van der Waals surface area contributed by atoms with Crippen LogP contribution < -0.4 is 5.32 Å². The minimum absolute atomic E-state index is 0.177. The van der Waals surface area contributed by atoms with Crippen LogP contribution in [0.2, 0.25) is 0 Å². The van der Waals surface area contributed by atoms with Gasteiger partial charge in [-0.25, -0.2) is 4.39 Å². The highest BCUT2D eigenvalue weighted by molar-refractivity contribution is 9.10. The molecule has 3 heteroatoms. The van der Waals surface area contributed by atoms with Gasteiger partial charge in [0.15, 0.2) is 0 Å². The molecule has 1 aromatic carbocycles. The van der Waals surface area contributed by atoms with Gasteiger partial charge >= 0.3 is 0 Å². The Kier molecular flexibility index (Phi) is 3.12. The van der Waals surface area contributed by atoms with E-state index in [0.717, 1.165) is 23.0 Å². The standard InChI is InChI=1S/C12H15BrFN/c1-12(14)6-3-7-15-11(12)9-4-2-5-10(13)8-9/h2,4-5,8,11,15H,3,6-7H2,1H3. The summed E-state index contributed by atoms with van der Waals surface area (Å²) in [5.74, 6) is 0. The Morgan fingerprint density at radius 2 is 2.33 bits per heavy atom.